The summed E-state index contributed by atoms with van der Waals surface area (Å²) in [5.41, 5.74) is 7.86. The number of hydrogen-bond acceptors (Lipinski definition) is 2. The van der Waals surface area contributed by atoms with E-state index in [1.807, 2.05) is 13.0 Å². The predicted octanol–water partition coefficient (Wildman–Crippen LogP) is 5.19. The van der Waals surface area contributed by atoms with Gasteiger partial charge in [-0.15, -0.1) is 11.3 Å². The molecule has 1 nitrogen and oxygen atoms in total. The van der Waals surface area contributed by atoms with E-state index in [2.05, 4.69) is 15.9 Å². The minimum atomic E-state index is -4.32. The van der Waals surface area contributed by atoms with Gasteiger partial charge in [0.2, 0.25) is 0 Å². The first-order valence-electron chi connectivity index (χ1n) is 5.89. The van der Waals surface area contributed by atoms with Gasteiger partial charge in [-0.25, -0.2) is 0 Å². The first-order valence-corrected chi connectivity index (χ1v) is 7.50. The third-order valence-corrected chi connectivity index (χ3v) is 5.33. The van der Waals surface area contributed by atoms with Crippen LogP contribution in [0.1, 0.15) is 33.2 Å². The van der Waals surface area contributed by atoms with Gasteiger partial charge in [-0.05, 0) is 64.7 Å². The Hall–Kier alpha value is -0.850. The number of benzene rings is 1. The molecule has 2 rings (SSSR count). The quantitative estimate of drug-likeness (QED) is 0.779. The smallest absolute Gasteiger partial charge is 0.320 e. The van der Waals surface area contributed by atoms with Gasteiger partial charge in [-0.3, -0.25) is 0 Å². The Morgan fingerprint density at radius 3 is 2.25 bits per heavy atom. The molecule has 0 fully saturated rings. The molecule has 6 heteroatoms. The minimum absolute atomic E-state index is 0.410. The highest BCUT2D eigenvalue weighted by Gasteiger charge is 2.31. The number of thiophene rings is 1. The SMILES string of the molecule is Cc1cc(C(F)(F)F)ccc1C(N)c1cc(C)c(Br)s1. The second-order valence-corrected chi connectivity index (χ2v) is 7.05. The highest BCUT2D eigenvalue weighted by Crippen LogP contribution is 2.36. The summed E-state index contributed by atoms with van der Waals surface area (Å²) in [5.74, 6) is 0. The second kappa shape index (κ2) is 5.50. The summed E-state index contributed by atoms with van der Waals surface area (Å²) in [5, 5.41) is 0. The van der Waals surface area contributed by atoms with Crippen LogP contribution in [0.5, 0.6) is 0 Å². The first-order chi connectivity index (χ1) is 9.20. The van der Waals surface area contributed by atoms with Crippen LogP contribution in [0.15, 0.2) is 28.1 Å². The number of halogens is 4. The van der Waals surface area contributed by atoms with Crippen LogP contribution in [0, 0.1) is 13.8 Å². The molecule has 0 saturated carbocycles. The van der Waals surface area contributed by atoms with Crippen molar-refractivity contribution in [3.63, 3.8) is 0 Å². The maximum Gasteiger partial charge on any atom is 0.416 e. The van der Waals surface area contributed by atoms with Crippen molar-refractivity contribution in [3.05, 3.63) is 55.2 Å². The summed E-state index contributed by atoms with van der Waals surface area (Å²) in [7, 11) is 0. The molecular formula is C14H13BrF3NS. The topological polar surface area (TPSA) is 26.0 Å². The largest absolute Gasteiger partial charge is 0.416 e. The standard InChI is InChI=1S/C14H13BrF3NS/c1-7-5-9(14(16,17)18)3-4-10(7)12(19)11-6-8(2)13(15)20-11/h3-6,12H,19H2,1-2H3. The van der Waals surface area contributed by atoms with E-state index in [9.17, 15) is 13.2 Å². The monoisotopic (exact) mass is 363 g/mol. The Morgan fingerprint density at radius 2 is 1.80 bits per heavy atom. The normalized spacial score (nSPS) is 13.6. The molecule has 0 aliphatic carbocycles. The average molecular weight is 364 g/mol. The fourth-order valence-corrected chi connectivity index (χ4v) is 3.58. The zero-order valence-corrected chi connectivity index (χ0v) is 13.3. The van der Waals surface area contributed by atoms with Crippen LogP contribution in [0.2, 0.25) is 0 Å². The summed E-state index contributed by atoms with van der Waals surface area (Å²) in [6.07, 6.45) is -4.32. The van der Waals surface area contributed by atoms with Crippen LogP contribution in [0.4, 0.5) is 13.2 Å². The number of alkyl halides is 3. The highest BCUT2D eigenvalue weighted by molar-refractivity contribution is 9.11. The lowest BCUT2D eigenvalue weighted by molar-refractivity contribution is -0.137. The van der Waals surface area contributed by atoms with Crippen LogP contribution in [-0.2, 0) is 6.18 Å². The molecule has 1 heterocycles. The van der Waals surface area contributed by atoms with E-state index in [1.165, 1.54) is 17.4 Å². The molecule has 0 aliphatic heterocycles. The lowest BCUT2D eigenvalue weighted by atomic mass is 9.98. The number of aryl methyl sites for hydroxylation is 2. The zero-order valence-electron chi connectivity index (χ0n) is 10.9. The molecule has 0 aliphatic rings. The van der Waals surface area contributed by atoms with Crippen molar-refractivity contribution in [2.24, 2.45) is 5.73 Å². The predicted molar refractivity (Wildman–Crippen MR) is 79.0 cm³/mol. The lowest BCUT2D eigenvalue weighted by Gasteiger charge is -2.15. The van der Waals surface area contributed by atoms with Crippen molar-refractivity contribution in [1.82, 2.24) is 0 Å². The van der Waals surface area contributed by atoms with Gasteiger partial charge in [0.05, 0.1) is 15.4 Å². The van der Waals surface area contributed by atoms with Crippen molar-refractivity contribution in [1.29, 1.82) is 0 Å². The van der Waals surface area contributed by atoms with Crippen LogP contribution in [0.3, 0.4) is 0 Å². The molecule has 0 amide bonds. The lowest BCUT2D eigenvalue weighted by Crippen LogP contribution is -2.13. The summed E-state index contributed by atoms with van der Waals surface area (Å²) in [6.45, 7) is 3.61. The number of nitrogens with two attached hydrogens (primary N) is 1. The van der Waals surface area contributed by atoms with Gasteiger partial charge in [-0.2, -0.15) is 13.2 Å². The van der Waals surface area contributed by atoms with Crippen LogP contribution < -0.4 is 5.73 Å². The third-order valence-electron chi connectivity index (χ3n) is 3.11. The Balaban J connectivity index is 2.38. The van der Waals surface area contributed by atoms with Gasteiger partial charge in [-0.1, -0.05) is 6.07 Å². The Labute approximate surface area is 127 Å². The molecule has 1 aromatic carbocycles. The van der Waals surface area contributed by atoms with E-state index in [-0.39, 0.29) is 0 Å². The van der Waals surface area contributed by atoms with Gasteiger partial charge in [0.25, 0.3) is 0 Å². The van der Waals surface area contributed by atoms with Gasteiger partial charge < -0.3 is 5.73 Å². The summed E-state index contributed by atoms with van der Waals surface area (Å²) in [4.78, 5) is 0.928. The van der Waals surface area contributed by atoms with Gasteiger partial charge in [0.15, 0.2) is 0 Å². The fourth-order valence-electron chi connectivity index (χ4n) is 1.99. The van der Waals surface area contributed by atoms with Crippen molar-refractivity contribution in [2.45, 2.75) is 26.1 Å². The van der Waals surface area contributed by atoms with Crippen molar-refractivity contribution >= 4 is 27.3 Å². The Morgan fingerprint density at radius 1 is 1.15 bits per heavy atom. The molecule has 0 bridgehead atoms. The first kappa shape index (κ1) is 15.5. The van der Waals surface area contributed by atoms with E-state index in [0.29, 0.717) is 11.1 Å². The Kier molecular flexibility index (Phi) is 4.27. The molecule has 0 spiro atoms. The molecular weight excluding hydrogens is 351 g/mol. The molecule has 2 aromatic rings. The highest BCUT2D eigenvalue weighted by atomic mass is 79.9. The van der Waals surface area contributed by atoms with Gasteiger partial charge in [0.1, 0.15) is 0 Å². The Bertz CT molecular complexity index is 614. The minimum Gasteiger partial charge on any atom is -0.320 e. The molecule has 2 N–H and O–H groups in total. The maximum absolute atomic E-state index is 12.6. The zero-order chi connectivity index (χ0) is 15.1. The van der Waals surface area contributed by atoms with Gasteiger partial charge in [0, 0.05) is 4.88 Å². The number of hydrogen-bond donors (Lipinski definition) is 1. The van der Waals surface area contributed by atoms with Crippen molar-refractivity contribution in [3.8, 4) is 0 Å². The molecule has 108 valence electrons. The van der Waals surface area contributed by atoms with Crippen LogP contribution in [-0.4, -0.2) is 0 Å². The maximum atomic E-state index is 12.6. The molecule has 20 heavy (non-hydrogen) atoms. The van der Waals surface area contributed by atoms with Crippen LogP contribution >= 0.6 is 27.3 Å². The van der Waals surface area contributed by atoms with Gasteiger partial charge >= 0.3 is 6.18 Å². The van der Waals surface area contributed by atoms with Crippen molar-refractivity contribution < 1.29 is 13.2 Å². The van der Waals surface area contributed by atoms with E-state index >= 15 is 0 Å². The molecule has 1 atom stereocenters. The molecule has 0 saturated heterocycles. The average Bonchev–Trinajstić information content (AvgIpc) is 2.67. The summed E-state index contributed by atoms with van der Waals surface area (Å²) < 4.78 is 38.9. The van der Waals surface area contributed by atoms with E-state index in [4.69, 9.17) is 5.73 Å². The second-order valence-electron chi connectivity index (χ2n) is 4.65. The fraction of sp³-hybridized carbons (Fsp3) is 0.286. The number of rotatable bonds is 2. The van der Waals surface area contributed by atoms with E-state index < -0.39 is 17.8 Å². The molecule has 1 aromatic heterocycles. The molecule has 1 unspecified atom stereocenters. The molecule has 0 radical (unpaired) electrons. The van der Waals surface area contributed by atoms with E-state index in [1.54, 1.807) is 6.92 Å². The van der Waals surface area contributed by atoms with Crippen LogP contribution in [0.25, 0.3) is 0 Å². The third kappa shape index (κ3) is 3.07. The van der Waals surface area contributed by atoms with E-state index in [0.717, 1.165) is 26.4 Å². The van der Waals surface area contributed by atoms with Crippen molar-refractivity contribution in [2.75, 3.05) is 0 Å². The summed E-state index contributed by atoms with van der Waals surface area (Å²) >= 11 is 4.93. The summed E-state index contributed by atoms with van der Waals surface area (Å²) in [6, 6.07) is 5.23.